The maximum absolute atomic E-state index is 16.7. The summed E-state index contributed by atoms with van der Waals surface area (Å²) in [5, 5.41) is 15.3. The van der Waals surface area contributed by atoms with Gasteiger partial charge in [0.15, 0.2) is 0 Å². The smallest absolute Gasteiger partial charge is 0.870 e. The molecule has 6 aromatic rings. The number of aromatic nitrogens is 2. The van der Waals surface area contributed by atoms with E-state index in [1.54, 1.807) is 32.3 Å². The Labute approximate surface area is 618 Å². The zero-order chi connectivity index (χ0) is 70.2. The number of hydrogen-bond donors (Lipinski definition) is 3. The minimum absolute atomic E-state index is 0. The summed E-state index contributed by atoms with van der Waals surface area (Å²) in [5.74, 6) is -6.79. The number of carboxylic acid groups (broad SMARTS) is 1. The number of aryl methyl sites for hydroxylation is 10. The number of carbonyl (C=O) groups excluding carboxylic acids is 3. The van der Waals surface area contributed by atoms with E-state index in [1.165, 1.54) is 59.9 Å². The second kappa shape index (κ2) is 35.8. The minimum atomic E-state index is -1.51. The van der Waals surface area contributed by atoms with E-state index >= 15 is 17.6 Å². The number of rotatable bonds is 25. The van der Waals surface area contributed by atoms with Crippen LogP contribution in [0, 0.1) is 115 Å². The molecular formula is C78H105F4LiN6O10S2. The third kappa shape index (κ3) is 20.3. The molecule has 2 spiro atoms. The molecule has 23 heteroatoms. The topological polar surface area (TPSA) is 234 Å². The molecule has 16 nitrogen and oxygen atoms in total. The second-order valence-corrected chi connectivity index (χ2v) is 29.5. The molecule has 2 aliphatic carbocycles. The van der Waals surface area contributed by atoms with Crippen LogP contribution in [0.5, 0.6) is 0 Å². The van der Waals surface area contributed by atoms with E-state index in [1.807, 2.05) is 107 Å². The Balaban J connectivity index is 0.000000408. The first-order valence-corrected chi connectivity index (χ1v) is 34.2. The van der Waals surface area contributed by atoms with Gasteiger partial charge >= 0.3 is 30.8 Å². The maximum Gasteiger partial charge on any atom is 1.00 e. The van der Waals surface area contributed by atoms with Crippen molar-refractivity contribution in [3.05, 3.63) is 183 Å². The Morgan fingerprint density at radius 1 is 0.525 bits per heavy atom. The number of esters is 1. The molecule has 2 saturated heterocycles. The Bertz CT molecular complexity index is 4070. The number of ether oxygens (including phenoxy) is 1. The number of carbonyl (C=O) groups is 4. The average molecular weight is 1430 g/mol. The minimum Gasteiger partial charge on any atom is -0.870 e. The van der Waals surface area contributed by atoms with Crippen LogP contribution in [0.1, 0.15) is 188 Å². The van der Waals surface area contributed by atoms with E-state index in [4.69, 9.17) is 4.74 Å². The number of nitrogens with zero attached hydrogens (tertiary/aromatic N) is 4. The van der Waals surface area contributed by atoms with Gasteiger partial charge in [-0.2, -0.15) is 27.0 Å². The van der Waals surface area contributed by atoms with Crippen molar-refractivity contribution in [1.29, 1.82) is 0 Å². The van der Waals surface area contributed by atoms with E-state index in [9.17, 15) is 33.9 Å². The van der Waals surface area contributed by atoms with Crippen molar-refractivity contribution in [2.24, 2.45) is 22.7 Å². The number of carboxylic acids is 1. The van der Waals surface area contributed by atoms with Crippen molar-refractivity contribution in [2.45, 2.75) is 192 Å². The van der Waals surface area contributed by atoms with Crippen LogP contribution in [0.25, 0.3) is 22.3 Å². The molecule has 101 heavy (non-hydrogen) atoms. The molecule has 2 aromatic heterocycles. The van der Waals surface area contributed by atoms with Gasteiger partial charge in [-0.3, -0.25) is 28.8 Å². The van der Waals surface area contributed by atoms with Gasteiger partial charge in [0, 0.05) is 86.0 Å². The molecule has 4 heterocycles. The third-order valence-electron chi connectivity index (χ3n) is 20.1. The van der Waals surface area contributed by atoms with Gasteiger partial charge in [0.1, 0.15) is 35.4 Å². The van der Waals surface area contributed by atoms with Crippen LogP contribution >= 0.6 is 27.0 Å². The number of amides is 2. The van der Waals surface area contributed by atoms with E-state index in [2.05, 4.69) is 20.4 Å². The van der Waals surface area contributed by atoms with Gasteiger partial charge < -0.3 is 50.4 Å². The maximum atomic E-state index is 16.7. The first-order valence-electron chi connectivity index (χ1n) is 34.2. The van der Waals surface area contributed by atoms with Crippen molar-refractivity contribution in [3.8, 4) is 22.3 Å². The molecular weight excluding hydrogens is 1330 g/mol. The molecule has 4 aliphatic rings. The van der Waals surface area contributed by atoms with Crippen LogP contribution in [-0.4, -0.2) is 105 Å². The van der Waals surface area contributed by atoms with Crippen molar-refractivity contribution in [3.63, 3.8) is 0 Å². The van der Waals surface area contributed by atoms with Crippen molar-refractivity contribution >= 4 is 50.7 Å². The zero-order valence-corrected chi connectivity index (χ0v) is 63.8. The Morgan fingerprint density at radius 2 is 0.861 bits per heavy atom. The van der Waals surface area contributed by atoms with E-state index in [-0.39, 0.29) is 115 Å². The normalized spacial score (nSPS) is 15.7. The second-order valence-electron chi connectivity index (χ2n) is 29.5. The Morgan fingerprint density at radius 3 is 1.17 bits per heavy atom. The van der Waals surface area contributed by atoms with Crippen molar-refractivity contribution in [1.82, 2.24) is 29.6 Å². The van der Waals surface area contributed by atoms with Gasteiger partial charge in [0.05, 0.1) is 31.5 Å². The molecule has 0 bridgehead atoms. The summed E-state index contributed by atoms with van der Waals surface area (Å²) in [7, 11) is 0. The number of hydrogen-bond acceptors (Lipinski definition) is 10. The summed E-state index contributed by atoms with van der Waals surface area (Å²) >= 11 is 0. The summed E-state index contributed by atoms with van der Waals surface area (Å²) in [6, 6.07) is 8.83. The van der Waals surface area contributed by atoms with Crippen LogP contribution in [0.4, 0.5) is 17.6 Å². The van der Waals surface area contributed by atoms with Gasteiger partial charge in [0.25, 0.3) is 11.1 Å². The zero-order valence-electron chi connectivity index (χ0n) is 61.8. The first-order chi connectivity index (χ1) is 45.2. The summed E-state index contributed by atoms with van der Waals surface area (Å²) in [6.07, 6.45) is 9.52. The standard InChI is InChI=1S/C40H51F2N3O4.C38H47F2N3O4.Li.2H2O.2H2S/c1-9-49-34(47)19-31(36-37(41)28(8)17-30(38(36)42)35-26(6)15-24(4)16-27(35)7)43-39(48)32(14-23(2)3)45-20-29(25(5)18-33(45)46)10-13-44-21-40(22-44)11-12-40;1-21(2)12-30(43-18-27(23(4)16-31(43)44)8-11-42-19-38(20-42)9-10-38)37(47)41-29(17-32(45)46)34-35(39)26(7)15-28(36(34)40)33-24(5)13-22(3)14-25(33)6;;;;;/h15-18,20,23,31-32H,9-14,19,21-22H2,1-8H3,(H,43,48);13-16,18,21,29-30H,8-12,17,19-20H2,1-7H3,(H,41,47)(H,45,46);;4*1H2/q;;+1;;;;/p-1/t31-,32?;29-,30?;;;;;/m00...../s1. The van der Waals surface area contributed by atoms with E-state index in [0.29, 0.717) is 28.4 Å². The number of halogens is 4. The number of pyridine rings is 2. The first kappa shape index (κ1) is 86.9. The summed E-state index contributed by atoms with van der Waals surface area (Å²) in [5.41, 5.74) is 10.3. The number of likely N-dealkylation sites (tertiary alicyclic amines) is 2. The average Bonchev–Trinajstić information content (AvgIpc) is 1.63. The molecule has 6 N–H and O–H groups in total. The molecule has 4 aromatic carbocycles. The van der Waals surface area contributed by atoms with Crippen LogP contribution in [0.3, 0.4) is 0 Å². The SMILES string of the molecule is CCOC(=O)C[C@H](NC(=O)C(CC(C)C)n1cc(CCN2CC3(CC3)C2)c(C)cc1=O)c1c(F)c(C)cc(-c2c(C)cc(C)cc2C)c1F.Cc1cc(C)c(-c2cc(C)c(F)c([C@H](CC(=O)O)NC(=O)C(CC(C)C)n3cc(CCN4CC5(CC5)C4)c(C)cc3=O)c2F)c(C)c1.O.S.S.[Li+].[OH-]. The fourth-order valence-corrected chi connectivity index (χ4v) is 15.0. The van der Waals surface area contributed by atoms with Crippen molar-refractivity contribution < 1.29 is 76.4 Å². The molecule has 2 saturated carbocycles. The Kier molecular flexibility index (Phi) is 30.8. The number of benzene rings is 4. The predicted octanol–water partition coefficient (Wildman–Crippen LogP) is 10.5. The largest absolute Gasteiger partial charge is 1.00 e. The predicted molar refractivity (Wildman–Crippen MR) is 395 cm³/mol. The summed E-state index contributed by atoms with van der Waals surface area (Å²) in [4.78, 5) is 85.0. The van der Waals surface area contributed by atoms with Gasteiger partial charge in [-0.05, 0) is 229 Å². The monoisotopic (exact) mass is 1430 g/mol. The molecule has 10 rings (SSSR count). The van der Waals surface area contributed by atoms with Gasteiger partial charge in [-0.1, -0.05) is 63.1 Å². The molecule has 2 aliphatic heterocycles. The van der Waals surface area contributed by atoms with Crippen LogP contribution < -0.4 is 40.6 Å². The number of nitrogens with one attached hydrogen (secondary N) is 2. The molecule has 2 amide bonds. The van der Waals surface area contributed by atoms with Crippen LogP contribution in [0.15, 0.2) is 70.5 Å². The molecule has 548 valence electrons. The third-order valence-corrected chi connectivity index (χ3v) is 20.1. The summed E-state index contributed by atoms with van der Waals surface area (Å²) in [6.45, 7) is 33.8. The summed E-state index contributed by atoms with van der Waals surface area (Å²) < 4.78 is 73.2. The molecule has 0 radical (unpaired) electrons. The molecule has 4 atom stereocenters. The molecule has 2 unspecified atom stereocenters. The molecule has 4 fully saturated rings. The quantitative estimate of drug-likeness (QED) is 0.0277. The number of aliphatic carboxylic acids is 1. The van der Waals surface area contributed by atoms with E-state index in [0.717, 1.165) is 108 Å². The van der Waals surface area contributed by atoms with Gasteiger partial charge in [-0.25, -0.2) is 17.6 Å². The van der Waals surface area contributed by atoms with Gasteiger partial charge in [0.2, 0.25) is 11.8 Å². The van der Waals surface area contributed by atoms with Crippen LogP contribution in [-0.2, 0) is 36.8 Å². The van der Waals surface area contributed by atoms with Gasteiger partial charge in [-0.15, -0.1) is 0 Å². The van der Waals surface area contributed by atoms with Crippen LogP contribution in [0.2, 0.25) is 0 Å². The van der Waals surface area contributed by atoms with E-state index < -0.39 is 95.2 Å². The van der Waals surface area contributed by atoms with Crippen molar-refractivity contribution in [2.75, 3.05) is 45.9 Å². The Hall–Kier alpha value is -6.48. The fraction of sp³-hybridized carbons (Fsp3) is 0.513. The fourth-order valence-electron chi connectivity index (χ4n) is 15.0.